The molecule has 0 amide bonds. The van der Waals surface area contributed by atoms with Crippen molar-refractivity contribution < 1.29 is 18.9 Å². The van der Waals surface area contributed by atoms with E-state index in [9.17, 15) is 9.46 Å². The Morgan fingerprint density at radius 3 is 2.55 bits per heavy atom. The minimum atomic E-state index is -3.09. The zero-order chi connectivity index (χ0) is 22.8. The molecule has 0 saturated heterocycles. The smallest absolute Gasteiger partial charge is 0.213 e. The zero-order valence-electron chi connectivity index (χ0n) is 19.0. The average molecular weight is 510 g/mol. The third-order valence-electron chi connectivity index (χ3n) is 5.67. The van der Waals surface area contributed by atoms with Crippen LogP contribution in [0, 0.1) is 11.3 Å². The first-order chi connectivity index (χ1) is 14.5. The van der Waals surface area contributed by atoms with Crippen molar-refractivity contribution in [1.82, 2.24) is 4.98 Å². The van der Waals surface area contributed by atoms with Gasteiger partial charge >= 0.3 is 0 Å². The number of hydrogen-bond donors (Lipinski definition) is 1. The first kappa shape index (κ1) is 24.4. The number of ether oxygens (including phenoxy) is 2. The molecule has 1 aromatic heterocycles. The third-order valence-corrected chi connectivity index (χ3v) is 7.46. The molecule has 1 N–H and O–H groups in total. The molecule has 0 bridgehead atoms. The van der Waals surface area contributed by atoms with Gasteiger partial charge in [0.15, 0.2) is 7.37 Å². The van der Waals surface area contributed by atoms with Gasteiger partial charge in [-0.05, 0) is 65.0 Å². The van der Waals surface area contributed by atoms with Gasteiger partial charge < -0.3 is 14.4 Å². The molecule has 3 unspecified atom stereocenters. The molecule has 1 saturated carbocycles. The van der Waals surface area contributed by atoms with Crippen molar-refractivity contribution >= 4 is 23.3 Å². The number of aromatic nitrogens is 1. The van der Waals surface area contributed by atoms with Crippen molar-refractivity contribution in [1.29, 1.82) is 0 Å². The van der Waals surface area contributed by atoms with Gasteiger partial charge in [0.05, 0.1) is 6.10 Å². The zero-order valence-corrected chi connectivity index (χ0v) is 21.4. The van der Waals surface area contributed by atoms with Crippen LogP contribution in [-0.4, -0.2) is 29.8 Å². The van der Waals surface area contributed by atoms with Crippen LogP contribution >= 0.6 is 23.3 Å². The summed E-state index contributed by atoms with van der Waals surface area (Å²) < 4.78 is 24.8. The van der Waals surface area contributed by atoms with Crippen molar-refractivity contribution in [3.8, 4) is 5.88 Å². The van der Waals surface area contributed by atoms with E-state index in [1.807, 2.05) is 24.3 Å². The summed E-state index contributed by atoms with van der Waals surface area (Å²) >= 11 is 3.65. The van der Waals surface area contributed by atoms with E-state index in [-0.39, 0.29) is 17.4 Å². The molecule has 31 heavy (non-hydrogen) atoms. The lowest BCUT2D eigenvalue weighted by atomic mass is 9.84. The lowest BCUT2D eigenvalue weighted by molar-refractivity contribution is 0.0146. The van der Waals surface area contributed by atoms with Crippen LogP contribution in [-0.2, 0) is 15.9 Å². The van der Waals surface area contributed by atoms with Gasteiger partial charge in [-0.15, -0.1) is 0 Å². The molecular weight excluding hydrogens is 477 g/mol. The van der Waals surface area contributed by atoms with Crippen LogP contribution in [0.5, 0.6) is 5.88 Å². The van der Waals surface area contributed by atoms with Crippen molar-refractivity contribution in [3.05, 3.63) is 57.7 Å². The molecule has 0 aliphatic heterocycles. The highest BCUT2D eigenvalue weighted by atomic mass is 79.9. The van der Waals surface area contributed by atoms with Crippen LogP contribution in [0.1, 0.15) is 62.3 Å². The van der Waals surface area contributed by atoms with Gasteiger partial charge in [-0.25, -0.2) is 4.98 Å². The standard InChI is InChI=1S/C24H33BrNO4P/c1-24(2,3)23(29-4)19-12-16(6-9-21(19)25)14-30-22-13-18(10-11-26-22)20(17-7-8-17)15-31(5,27)28/h6,9-13,17,20,23H,7-8,14-15H2,1-5H3,(H,27,28). The van der Waals surface area contributed by atoms with E-state index in [0.717, 1.165) is 34.0 Å². The number of methoxy groups -OCH3 is 1. The predicted octanol–water partition coefficient (Wildman–Crippen LogP) is 6.55. The fourth-order valence-corrected chi connectivity index (χ4v) is 5.81. The molecule has 170 valence electrons. The molecule has 1 fully saturated rings. The van der Waals surface area contributed by atoms with Gasteiger partial charge in [-0.2, -0.15) is 0 Å². The number of rotatable bonds is 9. The SMILES string of the molecule is COC(c1cc(COc2cc(C(CP(C)(=O)O)C3CC3)ccn2)ccc1Br)C(C)(C)C. The lowest BCUT2D eigenvalue weighted by Gasteiger charge is -2.30. The van der Waals surface area contributed by atoms with Gasteiger partial charge in [0, 0.05) is 36.7 Å². The maximum atomic E-state index is 12.0. The Bertz CT molecular complexity index is 949. The van der Waals surface area contributed by atoms with E-state index in [1.54, 1.807) is 13.3 Å². The monoisotopic (exact) mass is 509 g/mol. The van der Waals surface area contributed by atoms with E-state index < -0.39 is 7.37 Å². The molecule has 0 spiro atoms. The van der Waals surface area contributed by atoms with Gasteiger partial charge in [-0.3, -0.25) is 4.57 Å². The normalized spacial score (nSPS) is 18.3. The van der Waals surface area contributed by atoms with Crippen molar-refractivity contribution in [3.63, 3.8) is 0 Å². The summed E-state index contributed by atoms with van der Waals surface area (Å²) in [4.78, 5) is 14.3. The molecule has 1 aliphatic carbocycles. The van der Waals surface area contributed by atoms with E-state index in [4.69, 9.17) is 9.47 Å². The van der Waals surface area contributed by atoms with Crippen LogP contribution in [0.15, 0.2) is 41.0 Å². The van der Waals surface area contributed by atoms with Crippen LogP contribution in [0.4, 0.5) is 0 Å². The van der Waals surface area contributed by atoms with Crippen molar-refractivity contribution in [2.75, 3.05) is 19.9 Å². The highest BCUT2D eigenvalue weighted by Gasteiger charge is 2.35. The van der Waals surface area contributed by atoms with Crippen molar-refractivity contribution in [2.45, 2.75) is 52.2 Å². The largest absolute Gasteiger partial charge is 0.473 e. The maximum Gasteiger partial charge on any atom is 0.213 e. The minimum absolute atomic E-state index is 0.0458. The van der Waals surface area contributed by atoms with Crippen molar-refractivity contribution in [2.24, 2.45) is 11.3 Å². The highest BCUT2D eigenvalue weighted by molar-refractivity contribution is 9.10. The van der Waals surface area contributed by atoms with Gasteiger partial charge in [-0.1, -0.05) is 42.8 Å². The van der Waals surface area contributed by atoms with E-state index in [0.29, 0.717) is 24.6 Å². The second-order valence-electron chi connectivity index (χ2n) is 9.73. The number of hydrogen-bond acceptors (Lipinski definition) is 4. The van der Waals surface area contributed by atoms with E-state index >= 15 is 0 Å². The molecule has 1 aromatic carbocycles. The molecule has 3 atom stereocenters. The highest BCUT2D eigenvalue weighted by Crippen LogP contribution is 2.50. The van der Waals surface area contributed by atoms with Gasteiger partial charge in [0.25, 0.3) is 0 Å². The number of benzene rings is 1. The second-order valence-corrected chi connectivity index (χ2v) is 13.1. The summed E-state index contributed by atoms with van der Waals surface area (Å²) in [6, 6.07) is 10.0. The molecule has 5 nitrogen and oxygen atoms in total. The van der Waals surface area contributed by atoms with Gasteiger partial charge in [0.2, 0.25) is 5.88 Å². The fraction of sp³-hybridized carbons (Fsp3) is 0.542. The van der Waals surface area contributed by atoms with Crippen LogP contribution in [0.2, 0.25) is 0 Å². The second kappa shape index (κ2) is 9.74. The molecule has 1 aliphatic rings. The third kappa shape index (κ3) is 6.89. The summed E-state index contributed by atoms with van der Waals surface area (Å²) in [6.07, 6.45) is 4.21. The predicted molar refractivity (Wildman–Crippen MR) is 128 cm³/mol. The lowest BCUT2D eigenvalue weighted by Crippen LogP contribution is -2.20. The summed E-state index contributed by atoms with van der Waals surface area (Å²) in [5.41, 5.74) is 3.11. The Balaban J connectivity index is 1.75. The Kier molecular flexibility index (Phi) is 7.68. The van der Waals surface area contributed by atoms with Crippen LogP contribution in [0.25, 0.3) is 0 Å². The topological polar surface area (TPSA) is 68.7 Å². The maximum absolute atomic E-state index is 12.0. The molecule has 3 rings (SSSR count). The summed E-state index contributed by atoms with van der Waals surface area (Å²) in [5, 5.41) is 0. The Hall–Kier alpha value is -1.20. The Labute approximate surface area is 194 Å². The van der Waals surface area contributed by atoms with Gasteiger partial charge in [0.1, 0.15) is 6.61 Å². The Morgan fingerprint density at radius 2 is 1.97 bits per heavy atom. The first-order valence-electron chi connectivity index (χ1n) is 10.7. The number of pyridine rings is 1. The molecule has 0 radical (unpaired) electrons. The van der Waals surface area contributed by atoms with Crippen LogP contribution < -0.4 is 4.74 Å². The summed E-state index contributed by atoms with van der Waals surface area (Å²) in [6.45, 7) is 8.30. The average Bonchev–Trinajstić information content (AvgIpc) is 3.50. The minimum Gasteiger partial charge on any atom is -0.473 e. The first-order valence-corrected chi connectivity index (χ1v) is 13.8. The van der Waals surface area contributed by atoms with Crippen LogP contribution in [0.3, 0.4) is 0 Å². The Morgan fingerprint density at radius 1 is 1.26 bits per heavy atom. The molecule has 1 heterocycles. The summed E-state index contributed by atoms with van der Waals surface area (Å²) in [5.74, 6) is 1.10. The molecule has 2 aromatic rings. The van der Waals surface area contributed by atoms with E-state index in [1.165, 1.54) is 6.66 Å². The summed E-state index contributed by atoms with van der Waals surface area (Å²) in [7, 11) is -1.36. The quantitative estimate of drug-likeness (QED) is 0.388. The fourth-order valence-electron chi connectivity index (χ4n) is 4.11. The number of nitrogens with zero attached hydrogens (tertiary/aromatic N) is 1. The molecule has 7 heteroatoms. The molecular formula is C24H33BrNO4P. The number of halogens is 1. The van der Waals surface area contributed by atoms with E-state index in [2.05, 4.69) is 47.8 Å².